The Kier molecular flexibility index (Phi) is 12.3. The maximum absolute atomic E-state index is 12.5. The zero-order valence-corrected chi connectivity index (χ0v) is 24.2. The number of rotatable bonds is 16. The van der Waals surface area contributed by atoms with E-state index in [4.69, 9.17) is 23.0 Å². The Balaban J connectivity index is 1.54. The SMILES string of the molecule is CCO[Si](CCCNC(=O)NC(C)COc1cc(-c2ccccn2)nc(-c2ccccn2)c1)(OCC)OCC. The van der Waals surface area contributed by atoms with Crippen LogP contribution < -0.4 is 15.4 Å². The molecule has 3 aromatic heterocycles. The fourth-order valence-corrected chi connectivity index (χ4v) is 6.54. The minimum absolute atomic E-state index is 0.237. The molecule has 0 aromatic carbocycles. The van der Waals surface area contributed by atoms with Crippen molar-refractivity contribution in [3.63, 3.8) is 0 Å². The maximum Gasteiger partial charge on any atom is 0.500 e. The van der Waals surface area contributed by atoms with E-state index in [0.29, 0.717) is 56.0 Å². The molecule has 1 atom stereocenters. The summed E-state index contributed by atoms with van der Waals surface area (Å²) in [5, 5.41) is 5.81. The minimum atomic E-state index is -2.71. The molecule has 2 amide bonds. The van der Waals surface area contributed by atoms with Gasteiger partial charge in [0.15, 0.2) is 0 Å². The summed E-state index contributed by atoms with van der Waals surface area (Å²) in [7, 11) is -2.71. The van der Waals surface area contributed by atoms with Crippen molar-refractivity contribution in [1.29, 1.82) is 0 Å². The number of nitrogens with zero attached hydrogens (tertiary/aromatic N) is 3. The van der Waals surface area contributed by atoms with E-state index >= 15 is 0 Å². The van der Waals surface area contributed by atoms with E-state index < -0.39 is 8.80 Å². The van der Waals surface area contributed by atoms with Crippen LogP contribution in [0.2, 0.25) is 6.04 Å². The van der Waals surface area contributed by atoms with Crippen LogP contribution in [-0.4, -0.2) is 68.8 Å². The van der Waals surface area contributed by atoms with Gasteiger partial charge in [-0.3, -0.25) is 9.97 Å². The highest BCUT2D eigenvalue weighted by atomic mass is 28.4. The summed E-state index contributed by atoms with van der Waals surface area (Å²) in [6.45, 7) is 10.0. The Morgan fingerprint density at radius 2 is 1.44 bits per heavy atom. The highest BCUT2D eigenvalue weighted by molar-refractivity contribution is 6.60. The number of aromatic nitrogens is 3. The van der Waals surface area contributed by atoms with Crippen LogP contribution in [0.3, 0.4) is 0 Å². The fraction of sp³-hybridized carbons (Fsp3) is 0.429. The molecule has 39 heavy (non-hydrogen) atoms. The number of hydrogen-bond acceptors (Lipinski definition) is 8. The van der Waals surface area contributed by atoms with Gasteiger partial charge in [-0.25, -0.2) is 9.78 Å². The molecule has 0 aliphatic carbocycles. The Hall–Kier alpha value is -3.38. The monoisotopic (exact) mass is 553 g/mol. The normalized spacial score (nSPS) is 12.1. The summed E-state index contributed by atoms with van der Waals surface area (Å²) >= 11 is 0. The Labute approximate surface area is 231 Å². The zero-order chi connectivity index (χ0) is 27.9. The molecule has 0 spiro atoms. The summed E-state index contributed by atoms with van der Waals surface area (Å²) in [5.41, 5.74) is 2.82. The molecule has 11 heteroatoms. The van der Waals surface area contributed by atoms with E-state index in [0.717, 1.165) is 11.4 Å². The lowest BCUT2D eigenvalue weighted by atomic mass is 10.2. The van der Waals surface area contributed by atoms with E-state index in [1.807, 2.05) is 76.2 Å². The summed E-state index contributed by atoms with van der Waals surface area (Å²) in [6.07, 6.45) is 4.14. The van der Waals surface area contributed by atoms with Crippen molar-refractivity contribution in [2.45, 2.75) is 46.2 Å². The van der Waals surface area contributed by atoms with Gasteiger partial charge in [0.25, 0.3) is 0 Å². The number of carbonyl (C=O) groups excluding carboxylic acids is 1. The molecule has 0 fully saturated rings. The molecule has 0 saturated carbocycles. The molecule has 3 rings (SSSR count). The van der Waals surface area contributed by atoms with Gasteiger partial charge in [-0.15, -0.1) is 0 Å². The average molecular weight is 554 g/mol. The van der Waals surface area contributed by atoms with Gasteiger partial charge in [0.1, 0.15) is 12.4 Å². The number of ether oxygens (including phenoxy) is 1. The van der Waals surface area contributed by atoms with Crippen molar-refractivity contribution in [2.24, 2.45) is 0 Å². The third kappa shape index (κ3) is 9.70. The first-order chi connectivity index (χ1) is 19.0. The number of amides is 2. The van der Waals surface area contributed by atoms with Crippen LogP contribution in [0.25, 0.3) is 22.8 Å². The number of hydrogen-bond donors (Lipinski definition) is 2. The topological polar surface area (TPSA) is 117 Å². The molecule has 0 aliphatic rings. The summed E-state index contributed by atoms with van der Waals surface area (Å²) < 4.78 is 23.7. The quantitative estimate of drug-likeness (QED) is 0.194. The van der Waals surface area contributed by atoms with Gasteiger partial charge in [-0.2, -0.15) is 0 Å². The first kappa shape index (κ1) is 30.2. The second kappa shape index (κ2) is 15.9. The molecule has 10 nitrogen and oxygen atoms in total. The Morgan fingerprint density at radius 1 is 0.872 bits per heavy atom. The van der Waals surface area contributed by atoms with Crippen molar-refractivity contribution < 1.29 is 22.8 Å². The van der Waals surface area contributed by atoms with Crippen LogP contribution in [0, 0.1) is 0 Å². The second-order valence-corrected chi connectivity index (χ2v) is 11.4. The second-order valence-electron chi connectivity index (χ2n) is 8.70. The lowest BCUT2D eigenvalue weighted by Crippen LogP contribution is -2.47. The molecule has 3 heterocycles. The molecule has 0 aliphatic heterocycles. The van der Waals surface area contributed by atoms with Gasteiger partial charge >= 0.3 is 14.8 Å². The number of carbonyl (C=O) groups is 1. The molecule has 0 bridgehead atoms. The van der Waals surface area contributed by atoms with Crippen LogP contribution in [0.4, 0.5) is 4.79 Å². The van der Waals surface area contributed by atoms with Crippen molar-refractivity contribution in [1.82, 2.24) is 25.6 Å². The van der Waals surface area contributed by atoms with E-state index in [1.165, 1.54) is 0 Å². The third-order valence-corrected chi connectivity index (χ3v) is 8.72. The van der Waals surface area contributed by atoms with Crippen molar-refractivity contribution in [2.75, 3.05) is 33.0 Å². The minimum Gasteiger partial charge on any atom is -0.491 e. The van der Waals surface area contributed by atoms with E-state index in [-0.39, 0.29) is 18.7 Å². The Bertz CT molecular complexity index is 1060. The first-order valence-electron chi connectivity index (χ1n) is 13.4. The molecule has 3 aromatic rings. The summed E-state index contributed by atoms with van der Waals surface area (Å²) in [6, 6.07) is 15.2. The van der Waals surface area contributed by atoms with E-state index in [9.17, 15) is 4.79 Å². The van der Waals surface area contributed by atoms with Gasteiger partial charge in [0.2, 0.25) is 0 Å². The molecule has 210 valence electrons. The average Bonchev–Trinajstić information content (AvgIpc) is 2.95. The van der Waals surface area contributed by atoms with Crippen LogP contribution >= 0.6 is 0 Å². The molecular formula is C28H39N5O5Si. The lowest BCUT2D eigenvalue weighted by molar-refractivity contribution is 0.0708. The van der Waals surface area contributed by atoms with E-state index in [2.05, 4.69) is 20.6 Å². The van der Waals surface area contributed by atoms with Gasteiger partial charge in [-0.1, -0.05) is 12.1 Å². The smallest absolute Gasteiger partial charge is 0.491 e. The lowest BCUT2D eigenvalue weighted by Gasteiger charge is -2.28. The zero-order valence-electron chi connectivity index (χ0n) is 23.2. The highest BCUT2D eigenvalue weighted by Gasteiger charge is 2.39. The van der Waals surface area contributed by atoms with Gasteiger partial charge in [-0.05, 0) is 58.4 Å². The standard InChI is InChI=1S/C28H39N5O5Si/c1-5-36-39(37-6-2,38-7-3)18-12-17-31-28(34)32-22(4)21-35-23-19-26(24-13-8-10-15-29-24)33-27(20-23)25-14-9-11-16-30-25/h8-11,13-16,19-20,22H,5-7,12,17-18,21H2,1-4H3,(H2,31,32,34). The largest absolute Gasteiger partial charge is 0.500 e. The van der Waals surface area contributed by atoms with Crippen molar-refractivity contribution in [3.05, 3.63) is 60.9 Å². The number of urea groups is 1. The fourth-order valence-electron chi connectivity index (χ4n) is 3.93. The number of nitrogens with one attached hydrogen (secondary N) is 2. The van der Waals surface area contributed by atoms with Crippen LogP contribution in [0.15, 0.2) is 60.9 Å². The van der Waals surface area contributed by atoms with Crippen molar-refractivity contribution >= 4 is 14.8 Å². The molecule has 0 saturated heterocycles. The molecular weight excluding hydrogens is 514 g/mol. The van der Waals surface area contributed by atoms with Gasteiger partial charge in [0.05, 0.1) is 28.8 Å². The molecule has 0 radical (unpaired) electrons. The third-order valence-electron chi connectivity index (χ3n) is 5.57. The summed E-state index contributed by atoms with van der Waals surface area (Å²) in [4.78, 5) is 26.0. The van der Waals surface area contributed by atoms with Crippen LogP contribution in [0.1, 0.15) is 34.1 Å². The van der Waals surface area contributed by atoms with Gasteiger partial charge in [0, 0.05) is 56.9 Å². The molecule has 1 unspecified atom stereocenters. The summed E-state index contributed by atoms with van der Waals surface area (Å²) in [5.74, 6) is 0.615. The van der Waals surface area contributed by atoms with Gasteiger partial charge < -0.3 is 28.6 Å². The predicted molar refractivity (Wildman–Crippen MR) is 152 cm³/mol. The predicted octanol–water partition coefficient (Wildman–Crippen LogP) is 4.71. The van der Waals surface area contributed by atoms with Crippen LogP contribution in [-0.2, 0) is 13.3 Å². The van der Waals surface area contributed by atoms with Crippen LogP contribution in [0.5, 0.6) is 5.75 Å². The van der Waals surface area contributed by atoms with Crippen molar-refractivity contribution in [3.8, 4) is 28.5 Å². The number of pyridine rings is 3. The first-order valence-corrected chi connectivity index (χ1v) is 15.4. The Morgan fingerprint density at radius 3 is 1.92 bits per heavy atom. The maximum atomic E-state index is 12.5. The van der Waals surface area contributed by atoms with E-state index in [1.54, 1.807) is 12.4 Å². The highest BCUT2D eigenvalue weighted by Crippen LogP contribution is 2.26. The molecule has 2 N–H and O–H groups in total.